The molecular weight excluding hydrogens is 220 g/mol. The fraction of sp³-hybridized carbons (Fsp3) is 0.846. The SMILES string of the molecule is CCCC1(C)CC(OC(=O)C(C)(C)C)C(=O)O1. The minimum absolute atomic E-state index is 0.361. The lowest BCUT2D eigenvalue weighted by Crippen LogP contribution is -2.30. The van der Waals surface area contributed by atoms with Crippen LogP contribution in [0.5, 0.6) is 0 Å². The molecule has 0 radical (unpaired) electrons. The van der Waals surface area contributed by atoms with Crippen molar-refractivity contribution in [1.29, 1.82) is 0 Å². The summed E-state index contributed by atoms with van der Waals surface area (Å²) in [7, 11) is 0. The minimum atomic E-state index is -0.738. The van der Waals surface area contributed by atoms with Crippen LogP contribution in [0.2, 0.25) is 0 Å². The molecule has 1 aliphatic rings. The van der Waals surface area contributed by atoms with Gasteiger partial charge in [-0.25, -0.2) is 4.79 Å². The van der Waals surface area contributed by atoms with Crippen molar-refractivity contribution in [3.05, 3.63) is 0 Å². The van der Waals surface area contributed by atoms with Crippen LogP contribution in [0, 0.1) is 5.41 Å². The predicted octanol–water partition coefficient (Wildman–Crippen LogP) is 2.45. The smallest absolute Gasteiger partial charge is 0.348 e. The maximum absolute atomic E-state index is 11.7. The third-order valence-corrected chi connectivity index (χ3v) is 2.87. The van der Waals surface area contributed by atoms with Crippen LogP contribution in [0.3, 0.4) is 0 Å². The summed E-state index contributed by atoms with van der Waals surface area (Å²) in [6.45, 7) is 9.22. The van der Waals surface area contributed by atoms with Crippen molar-refractivity contribution in [2.24, 2.45) is 5.41 Å². The van der Waals surface area contributed by atoms with Crippen LogP contribution >= 0.6 is 0 Å². The van der Waals surface area contributed by atoms with Gasteiger partial charge in [-0.05, 0) is 34.1 Å². The zero-order valence-corrected chi connectivity index (χ0v) is 11.3. The molecule has 0 aromatic heterocycles. The second-order valence-electron chi connectivity index (χ2n) is 5.97. The Morgan fingerprint density at radius 1 is 1.53 bits per heavy atom. The van der Waals surface area contributed by atoms with E-state index in [9.17, 15) is 9.59 Å². The second-order valence-corrected chi connectivity index (χ2v) is 5.97. The van der Waals surface area contributed by atoms with Crippen molar-refractivity contribution in [2.45, 2.75) is 65.6 Å². The van der Waals surface area contributed by atoms with Gasteiger partial charge in [-0.3, -0.25) is 4.79 Å². The van der Waals surface area contributed by atoms with E-state index in [0.717, 1.165) is 12.8 Å². The summed E-state index contributed by atoms with van der Waals surface area (Å²) in [5.74, 6) is -0.779. The highest BCUT2D eigenvalue weighted by Gasteiger charge is 2.45. The molecule has 0 bridgehead atoms. The molecule has 1 rings (SSSR count). The fourth-order valence-corrected chi connectivity index (χ4v) is 1.90. The van der Waals surface area contributed by atoms with Gasteiger partial charge in [0, 0.05) is 6.42 Å². The number of rotatable bonds is 3. The predicted molar refractivity (Wildman–Crippen MR) is 63.4 cm³/mol. The van der Waals surface area contributed by atoms with Crippen molar-refractivity contribution in [1.82, 2.24) is 0 Å². The summed E-state index contributed by atoms with van der Waals surface area (Å²) in [5, 5.41) is 0. The topological polar surface area (TPSA) is 52.6 Å². The number of hydrogen-bond donors (Lipinski definition) is 0. The average molecular weight is 242 g/mol. The van der Waals surface area contributed by atoms with Gasteiger partial charge in [-0.2, -0.15) is 0 Å². The lowest BCUT2D eigenvalue weighted by Gasteiger charge is -2.21. The molecule has 0 amide bonds. The average Bonchev–Trinajstić information content (AvgIpc) is 2.40. The second kappa shape index (κ2) is 4.67. The largest absolute Gasteiger partial charge is 0.456 e. The van der Waals surface area contributed by atoms with E-state index in [2.05, 4.69) is 0 Å². The number of esters is 2. The summed E-state index contributed by atoms with van der Waals surface area (Å²) in [5.41, 5.74) is -1.07. The molecule has 17 heavy (non-hydrogen) atoms. The van der Waals surface area contributed by atoms with E-state index in [1.807, 2.05) is 13.8 Å². The molecule has 4 heteroatoms. The Morgan fingerprint density at radius 2 is 2.12 bits per heavy atom. The van der Waals surface area contributed by atoms with Gasteiger partial charge in [-0.1, -0.05) is 13.3 Å². The first-order chi connectivity index (χ1) is 7.68. The van der Waals surface area contributed by atoms with Gasteiger partial charge in [0.2, 0.25) is 6.10 Å². The summed E-state index contributed by atoms with van der Waals surface area (Å²) in [6.07, 6.45) is 1.45. The van der Waals surface area contributed by atoms with Gasteiger partial charge in [-0.15, -0.1) is 0 Å². The molecule has 2 atom stereocenters. The lowest BCUT2D eigenvalue weighted by atomic mass is 9.95. The Balaban J connectivity index is 2.63. The van der Waals surface area contributed by atoms with E-state index in [4.69, 9.17) is 9.47 Å². The van der Waals surface area contributed by atoms with Gasteiger partial charge >= 0.3 is 11.9 Å². The van der Waals surface area contributed by atoms with Crippen LogP contribution in [0.1, 0.15) is 53.9 Å². The van der Waals surface area contributed by atoms with Crippen molar-refractivity contribution < 1.29 is 19.1 Å². The van der Waals surface area contributed by atoms with E-state index in [0.29, 0.717) is 6.42 Å². The van der Waals surface area contributed by atoms with Crippen molar-refractivity contribution in [2.75, 3.05) is 0 Å². The normalized spacial score (nSPS) is 29.0. The van der Waals surface area contributed by atoms with E-state index in [-0.39, 0.29) is 5.97 Å². The molecule has 98 valence electrons. The molecule has 1 fully saturated rings. The van der Waals surface area contributed by atoms with E-state index in [1.165, 1.54) is 0 Å². The first-order valence-corrected chi connectivity index (χ1v) is 6.12. The minimum Gasteiger partial charge on any atom is -0.456 e. The Kier molecular flexibility index (Phi) is 3.84. The number of cyclic esters (lactones) is 1. The highest BCUT2D eigenvalue weighted by atomic mass is 16.6. The summed E-state index contributed by atoms with van der Waals surface area (Å²) in [4.78, 5) is 23.3. The first-order valence-electron chi connectivity index (χ1n) is 6.12. The van der Waals surface area contributed by atoms with Gasteiger partial charge in [0.15, 0.2) is 0 Å². The van der Waals surface area contributed by atoms with Gasteiger partial charge in [0.1, 0.15) is 5.60 Å². The molecule has 0 aromatic rings. The van der Waals surface area contributed by atoms with E-state index < -0.39 is 23.1 Å². The number of carbonyl (C=O) groups is 2. The van der Waals surface area contributed by atoms with Crippen LogP contribution in [0.15, 0.2) is 0 Å². The first kappa shape index (κ1) is 14.0. The van der Waals surface area contributed by atoms with Crippen LogP contribution in [0.4, 0.5) is 0 Å². The van der Waals surface area contributed by atoms with Gasteiger partial charge in [0.05, 0.1) is 5.41 Å². The molecular formula is C13H22O4. The molecule has 0 saturated carbocycles. The molecule has 0 aromatic carbocycles. The third kappa shape index (κ3) is 3.45. The van der Waals surface area contributed by atoms with Crippen molar-refractivity contribution in [3.63, 3.8) is 0 Å². The maximum atomic E-state index is 11.7. The number of carbonyl (C=O) groups excluding carboxylic acids is 2. The third-order valence-electron chi connectivity index (χ3n) is 2.87. The molecule has 0 N–H and O–H groups in total. The van der Waals surface area contributed by atoms with E-state index in [1.54, 1.807) is 20.8 Å². The summed E-state index contributed by atoms with van der Waals surface area (Å²) in [6, 6.07) is 0. The van der Waals surface area contributed by atoms with E-state index >= 15 is 0 Å². The van der Waals surface area contributed by atoms with Crippen LogP contribution in [0.25, 0.3) is 0 Å². The standard InChI is InChI=1S/C13H22O4/c1-6-7-13(5)8-9(10(14)17-13)16-11(15)12(2,3)4/h9H,6-8H2,1-5H3. The molecule has 1 aliphatic heterocycles. The van der Waals surface area contributed by atoms with Gasteiger partial charge < -0.3 is 9.47 Å². The highest BCUT2D eigenvalue weighted by Crippen LogP contribution is 2.33. The molecule has 0 aliphatic carbocycles. The van der Waals surface area contributed by atoms with Crippen molar-refractivity contribution >= 4 is 11.9 Å². The molecule has 1 heterocycles. The lowest BCUT2D eigenvalue weighted by molar-refractivity contribution is -0.167. The summed E-state index contributed by atoms with van der Waals surface area (Å²) >= 11 is 0. The fourth-order valence-electron chi connectivity index (χ4n) is 1.90. The maximum Gasteiger partial charge on any atom is 0.348 e. The van der Waals surface area contributed by atoms with Gasteiger partial charge in [0.25, 0.3) is 0 Å². The zero-order valence-electron chi connectivity index (χ0n) is 11.3. The Hall–Kier alpha value is -1.06. The Morgan fingerprint density at radius 3 is 2.59 bits per heavy atom. The number of hydrogen-bond acceptors (Lipinski definition) is 4. The van der Waals surface area contributed by atoms with Crippen LogP contribution in [-0.2, 0) is 19.1 Å². The highest BCUT2D eigenvalue weighted by molar-refractivity contribution is 5.83. The molecule has 2 unspecified atom stereocenters. The Labute approximate surface area is 103 Å². The zero-order chi connectivity index (χ0) is 13.3. The monoisotopic (exact) mass is 242 g/mol. The molecule has 0 spiro atoms. The Bertz CT molecular complexity index is 316. The molecule has 4 nitrogen and oxygen atoms in total. The van der Waals surface area contributed by atoms with Crippen molar-refractivity contribution in [3.8, 4) is 0 Å². The number of ether oxygens (including phenoxy) is 2. The van der Waals surface area contributed by atoms with Crippen LogP contribution in [-0.4, -0.2) is 23.6 Å². The molecule has 1 saturated heterocycles. The van der Waals surface area contributed by atoms with Crippen LogP contribution < -0.4 is 0 Å². The quantitative estimate of drug-likeness (QED) is 0.713. The summed E-state index contributed by atoms with van der Waals surface area (Å²) < 4.78 is 10.5.